The van der Waals surface area contributed by atoms with E-state index in [0.717, 1.165) is 54.3 Å². The molecule has 0 bridgehead atoms. The second-order valence-corrected chi connectivity index (χ2v) is 7.83. The van der Waals surface area contributed by atoms with Crippen LogP contribution in [-0.2, 0) is 11.2 Å². The van der Waals surface area contributed by atoms with E-state index in [1.165, 1.54) is 16.0 Å². The predicted molar refractivity (Wildman–Crippen MR) is 104 cm³/mol. The Morgan fingerprint density at radius 2 is 2.04 bits per heavy atom. The van der Waals surface area contributed by atoms with E-state index >= 15 is 0 Å². The van der Waals surface area contributed by atoms with Crippen molar-refractivity contribution in [1.29, 1.82) is 0 Å². The van der Waals surface area contributed by atoms with E-state index in [0.29, 0.717) is 6.10 Å². The number of nitrogens with zero attached hydrogens (tertiary/aromatic N) is 2. The summed E-state index contributed by atoms with van der Waals surface area (Å²) in [6, 6.07) is 10.4. The Balaban J connectivity index is 1.67. The van der Waals surface area contributed by atoms with Crippen LogP contribution in [0.15, 0.2) is 30.3 Å². The molecule has 1 saturated heterocycles. The first-order chi connectivity index (χ1) is 12.2. The van der Waals surface area contributed by atoms with Gasteiger partial charge in [0.25, 0.3) is 0 Å². The van der Waals surface area contributed by atoms with Gasteiger partial charge in [-0.2, -0.15) is 0 Å². The smallest absolute Gasteiger partial charge is 0.138 e. The van der Waals surface area contributed by atoms with E-state index in [-0.39, 0.29) is 0 Å². The standard InChI is InChI=1S/C20H23N3OS/c1-13-14(2)25-20-18(13)19(21-12-16-9-6-10-24-16)22-17(23-20)11-15-7-4-3-5-8-15/h3-5,7-8,16H,6,9-12H2,1-2H3,(H,21,22,23). The number of ether oxygens (including phenoxy) is 1. The molecule has 4 nitrogen and oxygen atoms in total. The van der Waals surface area contributed by atoms with Crippen LogP contribution in [-0.4, -0.2) is 29.2 Å². The quantitative estimate of drug-likeness (QED) is 0.734. The number of hydrogen-bond donors (Lipinski definition) is 1. The molecular formula is C20H23N3OS. The second-order valence-electron chi connectivity index (χ2n) is 6.63. The topological polar surface area (TPSA) is 47.0 Å². The summed E-state index contributed by atoms with van der Waals surface area (Å²) in [7, 11) is 0. The maximum atomic E-state index is 5.74. The minimum atomic E-state index is 0.294. The van der Waals surface area contributed by atoms with Gasteiger partial charge in [0, 0.05) is 24.4 Å². The van der Waals surface area contributed by atoms with Gasteiger partial charge in [0.2, 0.25) is 0 Å². The first kappa shape index (κ1) is 16.5. The average Bonchev–Trinajstić information content (AvgIpc) is 3.22. The molecule has 1 aliphatic heterocycles. The molecule has 1 atom stereocenters. The van der Waals surface area contributed by atoms with Crippen LogP contribution in [0.4, 0.5) is 5.82 Å². The van der Waals surface area contributed by atoms with E-state index < -0.39 is 0 Å². The van der Waals surface area contributed by atoms with Gasteiger partial charge in [0.1, 0.15) is 16.5 Å². The number of nitrogens with one attached hydrogen (secondary N) is 1. The SMILES string of the molecule is Cc1sc2nc(Cc3ccccc3)nc(NCC3CCCO3)c2c1C. The molecule has 1 unspecified atom stereocenters. The maximum Gasteiger partial charge on any atom is 0.138 e. The van der Waals surface area contributed by atoms with Crippen molar-refractivity contribution >= 4 is 27.4 Å². The molecule has 130 valence electrons. The lowest BCUT2D eigenvalue weighted by Gasteiger charge is -2.13. The third-order valence-electron chi connectivity index (χ3n) is 4.80. The molecular weight excluding hydrogens is 330 g/mol. The molecule has 1 fully saturated rings. The summed E-state index contributed by atoms with van der Waals surface area (Å²) in [4.78, 5) is 12.1. The van der Waals surface area contributed by atoms with Gasteiger partial charge in [0.15, 0.2) is 0 Å². The summed E-state index contributed by atoms with van der Waals surface area (Å²) in [6.07, 6.45) is 3.32. The van der Waals surface area contributed by atoms with E-state index in [9.17, 15) is 0 Å². The Hall–Kier alpha value is -1.98. The lowest BCUT2D eigenvalue weighted by Crippen LogP contribution is -2.19. The number of fused-ring (bicyclic) bond motifs is 1. The molecule has 2 aromatic heterocycles. The molecule has 4 rings (SSSR count). The number of rotatable bonds is 5. The Morgan fingerprint density at radius 1 is 1.20 bits per heavy atom. The third kappa shape index (κ3) is 3.53. The summed E-state index contributed by atoms with van der Waals surface area (Å²) < 4.78 is 5.74. The van der Waals surface area contributed by atoms with Gasteiger partial charge < -0.3 is 10.1 Å². The van der Waals surface area contributed by atoms with Crippen LogP contribution in [0.1, 0.15) is 34.7 Å². The van der Waals surface area contributed by atoms with Crippen molar-refractivity contribution < 1.29 is 4.74 Å². The summed E-state index contributed by atoms with van der Waals surface area (Å²) in [5, 5.41) is 4.70. The molecule has 5 heteroatoms. The van der Waals surface area contributed by atoms with Crippen LogP contribution in [0.25, 0.3) is 10.2 Å². The fraction of sp³-hybridized carbons (Fsp3) is 0.400. The normalized spacial score (nSPS) is 17.3. The van der Waals surface area contributed by atoms with Gasteiger partial charge in [-0.15, -0.1) is 11.3 Å². The van der Waals surface area contributed by atoms with Gasteiger partial charge >= 0.3 is 0 Å². The van der Waals surface area contributed by atoms with E-state index in [2.05, 4.69) is 43.4 Å². The molecule has 3 aromatic rings. The molecule has 1 aromatic carbocycles. The Morgan fingerprint density at radius 3 is 2.80 bits per heavy atom. The lowest BCUT2D eigenvalue weighted by atomic mass is 10.1. The molecule has 0 aliphatic carbocycles. The van der Waals surface area contributed by atoms with Crippen LogP contribution in [0.5, 0.6) is 0 Å². The first-order valence-corrected chi connectivity index (χ1v) is 9.68. The largest absolute Gasteiger partial charge is 0.376 e. The summed E-state index contributed by atoms with van der Waals surface area (Å²) in [5.41, 5.74) is 2.51. The molecule has 0 radical (unpaired) electrons. The summed E-state index contributed by atoms with van der Waals surface area (Å²) in [5.74, 6) is 1.82. The zero-order valence-corrected chi connectivity index (χ0v) is 15.5. The van der Waals surface area contributed by atoms with Gasteiger partial charge in [-0.05, 0) is 37.8 Å². The van der Waals surface area contributed by atoms with E-state index in [1.54, 1.807) is 11.3 Å². The lowest BCUT2D eigenvalue weighted by molar-refractivity contribution is 0.120. The monoisotopic (exact) mass is 353 g/mol. The van der Waals surface area contributed by atoms with Gasteiger partial charge in [-0.25, -0.2) is 9.97 Å². The van der Waals surface area contributed by atoms with Crippen LogP contribution in [0.3, 0.4) is 0 Å². The van der Waals surface area contributed by atoms with Gasteiger partial charge in [-0.3, -0.25) is 0 Å². The van der Waals surface area contributed by atoms with E-state index in [4.69, 9.17) is 14.7 Å². The number of hydrogen-bond acceptors (Lipinski definition) is 5. The van der Waals surface area contributed by atoms with Crippen molar-refractivity contribution in [3.8, 4) is 0 Å². The Labute approximate surface area is 152 Å². The summed E-state index contributed by atoms with van der Waals surface area (Å²) in [6.45, 7) is 6.00. The first-order valence-electron chi connectivity index (χ1n) is 8.86. The van der Waals surface area contributed by atoms with Crippen molar-refractivity contribution in [3.05, 3.63) is 52.2 Å². The Kier molecular flexibility index (Phi) is 4.68. The number of anilines is 1. The van der Waals surface area contributed by atoms with Gasteiger partial charge in [-0.1, -0.05) is 30.3 Å². The van der Waals surface area contributed by atoms with Crippen molar-refractivity contribution in [2.75, 3.05) is 18.5 Å². The zero-order valence-electron chi connectivity index (χ0n) is 14.7. The molecule has 0 amide bonds. The highest BCUT2D eigenvalue weighted by atomic mass is 32.1. The van der Waals surface area contributed by atoms with Crippen LogP contribution in [0, 0.1) is 13.8 Å². The Bertz CT molecular complexity index is 870. The third-order valence-corrected chi connectivity index (χ3v) is 5.90. The van der Waals surface area contributed by atoms with Crippen LogP contribution < -0.4 is 5.32 Å². The minimum absolute atomic E-state index is 0.294. The number of benzene rings is 1. The van der Waals surface area contributed by atoms with Crippen molar-refractivity contribution in [1.82, 2.24) is 9.97 Å². The van der Waals surface area contributed by atoms with Gasteiger partial charge in [0.05, 0.1) is 11.5 Å². The summed E-state index contributed by atoms with van der Waals surface area (Å²) >= 11 is 1.75. The highest BCUT2D eigenvalue weighted by Gasteiger charge is 2.18. The molecule has 0 spiro atoms. The molecule has 0 saturated carbocycles. The number of aromatic nitrogens is 2. The number of thiophene rings is 1. The van der Waals surface area contributed by atoms with Crippen molar-refractivity contribution in [2.24, 2.45) is 0 Å². The highest BCUT2D eigenvalue weighted by Crippen LogP contribution is 2.33. The molecule has 3 heterocycles. The zero-order chi connectivity index (χ0) is 17.2. The molecule has 25 heavy (non-hydrogen) atoms. The van der Waals surface area contributed by atoms with Crippen molar-refractivity contribution in [3.63, 3.8) is 0 Å². The maximum absolute atomic E-state index is 5.74. The second kappa shape index (κ2) is 7.10. The van der Waals surface area contributed by atoms with Crippen molar-refractivity contribution in [2.45, 2.75) is 39.2 Å². The fourth-order valence-corrected chi connectivity index (χ4v) is 4.34. The fourth-order valence-electron chi connectivity index (χ4n) is 3.30. The van der Waals surface area contributed by atoms with Crippen LogP contribution >= 0.6 is 11.3 Å². The minimum Gasteiger partial charge on any atom is -0.376 e. The predicted octanol–water partition coefficient (Wildman–Crippen LogP) is 4.49. The van der Waals surface area contributed by atoms with E-state index in [1.807, 2.05) is 6.07 Å². The molecule has 1 N–H and O–H groups in total. The highest BCUT2D eigenvalue weighted by molar-refractivity contribution is 7.18. The number of aryl methyl sites for hydroxylation is 2. The average molecular weight is 353 g/mol. The molecule has 1 aliphatic rings. The van der Waals surface area contributed by atoms with Crippen LogP contribution in [0.2, 0.25) is 0 Å².